The average molecular weight is 192 g/mol. The van der Waals surface area contributed by atoms with Crippen LogP contribution in [-0.2, 0) is 9.53 Å². The van der Waals surface area contributed by atoms with E-state index in [1.165, 1.54) is 13.5 Å². The lowest BCUT2D eigenvalue weighted by molar-refractivity contribution is -0.146. The van der Waals surface area contributed by atoms with Crippen LogP contribution in [0, 0.1) is 5.92 Å². The largest absolute Gasteiger partial charge is 0.469 e. The fourth-order valence-electron chi connectivity index (χ4n) is 2.24. The standard InChI is InChI=1S/C8H13NO2.ClH/c1-11-8(10)6-4-5-2-3-7(6)9-5;/h5-7,9H,2-4H2,1H3;1H. The van der Waals surface area contributed by atoms with Gasteiger partial charge in [0.05, 0.1) is 13.0 Å². The van der Waals surface area contributed by atoms with Gasteiger partial charge in [-0.05, 0) is 19.3 Å². The third-order valence-corrected chi connectivity index (χ3v) is 2.80. The predicted octanol–water partition coefficient (Wildman–Crippen LogP) is 0.722. The molecule has 1 N–H and O–H groups in total. The quantitative estimate of drug-likeness (QED) is 0.621. The Balaban J connectivity index is 0.000000720. The van der Waals surface area contributed by atoms with Crippen LogP contribution < -0.4 is 5.32 Å². The first kappa shape index (κ1) is 9.81. The number of fused-ring (bicyclic) bond motifs is 2. The molecule has 0 aliphatic carbocycles. The van der Waals surface area contributed by atoms with Crippen LogP contribution in [-0.4, -0.2) is 25.2 Å². The van der Waals surface area contributed by atoms with E-state index >= 15 is 0 Å². The summed E-state index contributed by atoms with van der Waals surface area (Å²) in [6.07, 6.45) is 3.36. The highest BCUT2D eigenvalue weighted by molar-refractivity contribution is 5.85. The van der Waals surface area contributed by atoms with Crippen molar-refractivity contribution >= 4 is 18.4 Å². The number of ether oxygens (including phenoxy) is 1. The second-order valence-corrected chi connectivity index (χ2v) is 3.41. The molecular weight excluding hydrogens is 178 g/mol. The predicted molar refractivity (Wildman–Crippen MR) is 47.3 cm³/mol. The van der Waals surface area contributed by atoms with Crippen molar-refractivity contribution in [2.24, 2.45) is 5.92 Å². The molecule has 0 aromatic carbocycles. The number of hydrogen-bond acceptors (Lipinski definition) is 3. The summed E-state index contributed by atoms with van der Waals surface area (Å²) < 4.78 is 4.71. The maximum absolute atomic E-state index is 11.1. The van der Waals surface area contributed by atoms with Crippen molar-refractivity contribution in [3.63, 3.8) is 0 Å². The molecule has 2 saturated heterocycles. The fraction of sp³-hybridized carbons (Fsp3) is 0.875. The van der Waals surface area contributed by atoms with Crippen molar-refractivity contribution in [2.45, 2.75) is 31.3 Å². The summed E-state index contributed by atoms with van der Waals surface area (Å²) >= 11 is 0. The molecule has 70 valence electrons. The third-order valence-electron chi connectivity index (χ3n) is 2.80. The van der Waals surface area contributed by atoms with Gasteiger partial charge in [0.1, 0.15) is 0 Å². The van der Waals surface area contributed by atoms with E-state index in [2.05, 4.69) is 5.32 Å². The highest BCUT2D eigenvalue weighted by atomic mass is 35.5. The van der Waals surface area contributed by atoms with E-state index in [0.717, 1.165) is 12.8 Å². The summed E-state index contributed by atoms with van der Waals surface area (Å²) in [6, 6.07) is 0.997. The number of halogens is 1. The molecule has 3 atom stereocenters. The van der Waals surface area contributed by atoms with E-state index in [9.17, 15) is 4.79 Å². The molecule has 2 aliphatic heterocycles. The van der Waals surface area contributed by atoms with Gasteiger partial charge in [-0.25, -0.2) is 0 Å². The van der Waals surface area contributed by atoms with Crippen LogP contribution in [0.4, 0.5) is 0 Å². The van der Waals surface area contributed by atoms with Gasteiger partial charge in [0.2, 0.25) is 0 Å². The number of hydrogen-bond donors (Lipinski definition) is 1. The van der Waals surface area contributed by atoms with Crippen LogP contribution >= 0.6 is 12.4 Å². The number of methoxy groups -OCH3 is 1. The fourth-order valence-corrected chi connectivity index (χ4v) is 2.24. The number of carbonyl (C=O) groups is 1. The van der Waals surface area contributed by atoms with Crippen molar-refractivity contribution in [1.29, 1.82) is 0 Å². The summed E-state index contributed by atoms with van der Waals surface area (Å²) in [7, 11) is 1.47. The molecule has 4 heteroatoms. The molecule has 0 amide bonds. The smallest absolute Gasteiger partial charge is 0.310 e. The summed E-state index contributed by atoms with van der Waals surface area (Å²) in [4.78, 5) is 11.1. The monoisotopic (exact) mass is 191 g/mol. The van der Waals surface area contributed by atoms with E-state index < -0.39 is 0 Å². The molecule has 0 radical (unpaired) electrons. The van der Waals surface area contributed by atoms with Crippen molar-refractivity contribution in [3.8, 4) is 0 Å². The maximum atomic E-state index is 11.1. The second kappa shape index (κ2) is 3.62. The van der Waals surface area contributed by atoms with Gasteiger partial charge in [-0.3, -0.25) is 4.79 Å². The van der Waals surface area contributed by atoms with Crippen LogP contribution in [0.1, 0.15) is 19.3 Å². The third kappa shape index (κ3) is 1.43. The van der Waals surface area contributed by atoms with Crippen molar-refractivity contribution in [2.75, 3.05) is 7.11 Å². The zero-order valence-corrected chi connectivity index (χ0v) is 7.89. The van der Waals surface area contributed by atoms with Gasteiger partial charge in [0, 0.05) is 12.1 Å². The molecule has 0 spiro atoms. The van der Waals surface area contributed by atoms with E-state index in [1.807, 2.05) is 0 Å². The zero-order valence-electron chi connectivity index (χ0n) is 7.08. The number of rotatable bonds is 1. The van der Waals surface area contributed by atoms with Gasteiger partial charge in [0.25, 0.3) is 0 Å². The first-order valence-electron chi connectivity index (χ1n) is 4.15. The minimum atomic E-state index is -0.0373. The number of carbonyl (C=O) groups excluding carboxylic acids is 1. The first-order valence-corrected chi connectivity index (χ1v) is 4.15. The van der Waals surface area contributed by atoms with E-state index in [1.54, 1.807) is 0 Å². The SMILES string of the molecule is COC(=O)C1CC2CCC1N2.Cl. The Morgan fingerprint density at radius 2 is 2.25 bits per heavy atom. The van der Waals surface area contributed by atoms with Crippen molar-refractivity contribution in [3.05, 3.63) is 0 Å². The van der Waals surface area contributed by atoms with E-state index in [-0.39, 0.29) is 24.3 Å². The zero-order chi connectivity index (χ0) is 7.84. The molecule has 3 unspecified atom stereocenters. The molecule has 0 saturated carbocycles. The van der Waals surface area contributed by atoms with Gasteiger partial charge in [-0.1, -0.05) is 0 Å². The normalized spacial score (nSPS) is 37.6. The number of esters is 1. The molecule has 2 bridgehead atoms. The Kier molecular flexibility index (Phi) is 2.96. The molecule has 2 heterocycles. The van der Waals surface area contributed by atoms with Gasteiger partial charge < -0.3 is 10.1 Å². The lowest BCUT2D eigenvalue weighted by atomic mass is 9.89. The number of nitrogens with one attached hydrogen (secondary N) is 1. The maximum Gasteiger partial charge on any atom is 0.310 e. The lowest BCUT2D eigenvalue weighted by Crippen LogP contribution is -2.29. The van der Waals surface area contributed by atoms with Crippen molar-refractivity contribution in [1.82, 2.24) is 5.32 Å². The molecule has 2 fully saturated rings. The summed E-state index contributed by atoms with van der Waals surface area (Å²) in [5, 5.41) is 3.39. The Bertz CT molecular complexity index is 186. The molecular formula is C8H14ClNO2. The summed E-state index contributed by atoms with van der Waals surface area (Å²) in [5.41, 5.74) is 0. The van der Waals surface area contributed by atoms with Crippen LogP contribution in [0.5, 0.6) is 0 Å². The second-order valence-electron chi connectivity index (χ2n) is 3.41. The van der Waals surface area contributed by atoms with Gasteiger partial charge >= 0.3 is 5.97 Å². The van der Waals surface area contributed by atoms with Crippen molar-refractivity contribution < 1.29 is 9.53 Å². The first-order chi connectivity index (χ1) is 5.31. The van der Waals surface area contributed by atoms with E-state index in [4.69, 9.17) is 4.74 Å². The molecule has 0 aromatic rings. The Labute approximate surface area is 78.3 Å². The molecule has 0 aromatic heterocycles. The minimum Gasteiger partial charge on any atom is -0.469 e. The van der Waals surface area contributed by atoms with Crippen LogP contribution in [0.3, 0.4) is 0 Å². The van der Waals surface area contributed by atoms with Gasteiger partial charge in [-0.2, -0.15) is 0 Å². The topological polar surface area (TPSA) is 38.3 Å². The Morgan fingerprint density at radius 3 is 2.67 bits per heavy atom. The van der Waals surface area contributed by atoms with Gasteiger partial charge in [-0.15, -0.1) is 12.4 Å². The Morgan fingerprint density at radius 1 is 1.50 bits per heavy atom. The highest BCUT2D eigenvalue weighted by Gasteiger charge is 2.43. The summed E-state index contributed by atoms with van der Waals surface area (Å²) in [6.45, 7) is 0. The van der Waals surface area contributed by atoms with Crippen LogP contribution in [0.2, 0.25) is 0 Å². The molecule has 12 heavy (non-hydrogen) atoms. The Hall–Kier alpha value is -0.280. The highest BCUT2D eigenvalue weighted by Crippen LogP contribution is 2.33. The lowest BCUT2D eigenvalue weighted by Gasteiger charge is -2.16. The minimum absolute atomic E-state index is 0. The molecule has 3 nitrogen and oxygen atoms in total. The summed E-state index contributed by atoms with van der Waals surface area (Å²) in [5.74, 6) is 0.100. The van der Waals surface area contributed by atoms with Crippen LogP contribution in [0.15, 0.2) is 0 Å². The van der Waals surface area contributed by atoms with E-state index in [0.29, 0.717) is 12.1 Å². The molecule has 2 rings (SSSR count). The van der Waals surface area contributed by atoms with Crippen LogP contribution in [0.25, 0.3) is 0 Å². The van der Waals surface area contributed by atoms with Gasteiger partial charge in [0.15, 0.2) is 0 Å². The molecule has 2 aliphatic rings. The average Bonchev–Trinajstić information content (AvgIpc) is 2.62.